The Morgan fingerprint density at radius 3 is 2.40 bits per heavy atom. The molecule has 0 heterocycles. The van der Waals surface area contributed by atoms with Gasteiger partial charge in [-0.25, -0.2) is 0 Å². The summed E-state index contributed by atoms with van der Waals surface area (Å²) in [7, 11) is 1.68. The molecule has 0 fully saturated rings. The topological polar surface area (TPSA) is 41.5 Å². The Labute approximate surface area is 182 Å². The number of methoxy groups -OCH3 is 1. The van der Waals surface area contributed by atoms with Crippen molar-refractivity contribution in [3.8, 4) is 5.75 Å². The molecule has 0 radical (unpaired) electrons. The molecule has 2 N–H and O–H groups in total. The van der Waals surface area contributed by atoms with Crippen molar-refractivity contribution in [1.82, 2.24) is 0 Å². The molecule has 0 spiro atoms. The number of aliphatic hydroxyl groups excluding tert-OH is 1. The van der Waals surface area contributed by atoms with E-state index in [4.69, 9.17) is 9.84 Å². The normalized spacial score (nSPS) is 13.2. The molecule has 2 rings (SSSR count). The Hall–Kier alpha value is -2.52. The predicted octanol–water partition coefficient (Wildman–Crippen LogP) is 6.86. The molecule has 0 bridgehead atoms. The van der Waals surface area contributed by atoms with Gasteiger partial charge in [0.05, 0.1) is 7.11 Å². The summed E-state index contributed by atoms with van der Waals surface area (Å²) >= 11 is 0. The molecule has 2 aromatic rings. The van der Waals surface area contributed by atoms with Crippen molar-refractivity contribution in [2.75, 3.05) is 19.0 Å². The van der Waals surface area contributed by atoms with Crippen molar-refractivity contribution in [1.29, 1.82) is 0 Å². The van der Waals surface area contributed by atoms with Gasteiger partial charge in [-0.05, 0) is 80.9 Å². The van der Waals surface area contributed by atoms with Gasteiger partial charge in [0, 0.05) is 18.3 Å². The van der Waals surface area contributed by atoms with Gasteiger partial charge in [0.1, 0.15) is 5.75 Å². The highest BCUT2D eigenvalue weighted by Gasteiger charge is 2.07. The van der Waals surface area contributed by atoms with Crippen molar-refractivity contribution in [3.63, 3.8) is 0 Å². The van der Waals surface area contributed by atoms with Gasteiger partial charge in [-0.2, -0.15) is 0 Å². The number of benzene rings is 2. The van der Waals surface area contributed by atoms with Crippen LogP contribution in [0, 0.1) is 0 Å². The number of nitrogens with one attached hydrogen (secondary N) is 1. The molecule has 1 atom stereocenters. The number of anilines is 1. The van der Waals surface area contributed by atoms with Crippen molar-refractivity contribution in [2.24, 2.45) is 0 Å². The molecule has 0 aliphatic heterocycles. The number of aliphatic hydroxyl groups is 1. The van der Waals surface area contributed by atoms with Gasteiger partial charge >= 0.3 is 0 Å². The summed E-state index contributed by atoms with van der Waals surface area (Å²) in [6.07, 6.45) is 10.5. The summed E-state index contributed by atoms with van der Waals surface area (Å²) in [5.74, 6) is 0.866. The molecule has 1 unspecified atom stereocenters. The van der Waals surface area contributed by atoms with Crippen LogP contribution in [0.2, 0.25) is 0 Å². The fourth-order valence-electron chi connectivity index (χ4n) is 3.62. The number of rotatable bonds is 13. The highest BCUT2D eigenvalue weighted by molar-refractivity contribution is 5.67. The molecule has 2 aromatic carbocycles. The van der Waals surface area contributed by atoms with Crippen LogP contribution < -0.4 is 10.1 Å². The van der Waals surface area contributed by atoms with Gasteiger partial charge in [0.15, 0.2) is 0 Å². The third-order valence-electron chi connectivity index (χ3n) is 5.54. The average Bonchev–Trinajstić information content (AvgIpc) is 2.79. The van der Waals surface area contributed by atoms with Gasteiger partial charge in [-0.15, -0.1) is 0 Å². The first-order valence-corrected chi connectivity index (χ1v) is 11.1. The van der Waals surface area contributed by atoms with Crippen LogP contribution in [-0.2, 0) is 0 Å². The zero-order valence-electron chi connectivity index (χ0n) is 18.7. The van der Waals surface area contributed by atoms with Crippen LogP contribution in [0.5, 0.6) is 5.75 Å². The summed E-state index contributed by atoms with van der Waals surface area (Å²) in [5.41, 5.74) is 5.29. The largest absolute Gasteiger partial charge is 0.497 e. The maximum atomic E-state index is 9.12. The molecule has 0 saturated heterocycles. The number of hydrogen-bond acceptors (Lipinski definition) is 3. The third kappa shape index (κ3) is 8.08. The van der Waals surface area contributed by atoms with Gasteiger partial charge in [0.2, 0.25) is 0 Å². The monoisotopic (exact) mass is 407 g/mol. The summed E-state index contributed by atoms with van der Waals surface area (Å²) in [5, 5.41) is 12.8. The Balaban J connectivity index is 1.97. The minimum Gasteiger partial charge on any atom is -0.497 e. The Kier molecular flexibility index (Phi) is 10.8. The van der Waals surface area contributed by atoms with Crippen LogP contribution in [0.4, 0.5) is 5.69 Å². The number of allylic oxidation sites excluding steroid dienone is 3. The minimum atomic E-state index is 0.258. The van der Waals surface area contributed by atoms with Crippen LogP contribution in [0.1, 0.15) is 57.9 Å². The minimum absolute atomic E-state index is 0.258. The van der Waals surface area contributed by atoms with E-state index in [1.165, 1.54) is 16.7 Å². The maximum Gasteiger partial charge on any atom is 0.119 e. The second-order valence-corrected chi connectivity index (χ2v) is 7.65. The molecule has 162 valence electrons. The van der Waals surface area contributed by atoms with Crippen LogP contribution in [0.15, 0.2) is 72.3 Å². The van der Waals surface area contributed by atoms with E-state index in [-0.39, 0.29) is 6.61 Å². The first-order valence-electron chi connectivity index (χ1n) is 11.1. The van der Waals surface area contributed by atoms with Crippen LogP contribution >= 0.6 is 0 Å². The molecule has 3 heteroatoms. The first kappa shape index (κ1) is 23.8. The molecule has 30 heavy (non-hydrogen) atoms. The molecular weight excluding hydrogens is 370 g/mol. The molecule has 0 aliphatic rings. The first-order chi connectivity index (χ1) is 14.7. The standard InChI is InChI=1S/C27H37NO2/c1-4-23(22(2)24-13-6-5-7-14-24)12-8-9-15-25(16-10-11-21-29)28-26-17-19-27(30-3)20-18-26/h5-9,13-14,17-20,25,28-29H,4,10-12,15-16,21H2,1-3H3/b9-8+,23-22+. The fraction of sp³-hybridized carbons (Fsp3) is 0.407. The van der Waals surface area contributed by atoms with E-state index in [9.17, 15) is 0 Å². The SMILES string of the molecule is CC/C(C/C=C/CC(CCCCO)Nc1ccc(OC)cc1)=C(/C)c1ccccc1. The summed E-state index contributed by atoms with van der Waals surface area (Å²) < 4.78 is 5.25. The number of unbranched alkanes of at least 4 members (excludes halogenated alkanes) is 1. The zero-order chi connectivity index (χ0) is 21.6. The van der Waals surface area contributed by atoms with E-state index in [0.29, 0.717) is 6.04 Å². The molecule has 3 nitrogen and oxygen atoms in total. The lowest BCUT2D eigenvalue weighted by molar-refractivity contribution is 0.282. The van der Waals surface area contributed by atoms with Crippen molar-refractivity contribution < 1.29 is 9.84 Å². The van der Waals surface area contributed by atoms with Crippen molar-refractivity contribution in [3.05, 3.63) is 77.9 Å². The number of hydrogen-bond donors (Lipinski definition) is 2. The van der Waals surface area contributed by atoms with E-state index in [0.717, 1.165) is 50.0 Å². The van der Waals surface area contributed by atoms with E-state index in [1.807, 2.05) is 12.1 Å². The smallest absolute Gasteiger partial charge is 0.119 e. The lowest BCUT2D eigenvalue weighted by Crippen LogP contribution is -2.18. The highest BCUT2D eigenvalue weighted by Crippen LogP contribution is 2.23. The quantitative estimate of drug-likeness (QED) is 0.281. The van der Waals surface area contributed by atoms with Gasteiger partial charge in [0.25, 0.3) is 0 Å². The summed E-state index contributed by atoms with van der Waals surface area (Å²) in [6.45, 7) is 4.72. The van der Waals surface area contributed by atoms with Crippen LogP contribution in [-0.4, -0.2) is 24.9 Å². The Morgan fingerprint density at radius 2 is 1.77 bits per heavy atom. The maximum absolute atomic E-state index is 9.12. The van der Waals surface area contributed by atoms with E-state index in [1.54, 1.807) is 7.11 Å². The second kappa shape index (κ2) is 13.7. The molecular formula is C27H37NO2. The highest BCUT2D eigenvalue weighted by atomic mass is 16.5. The van der Waals surface area contributed by atoms with E-state index < -0.39 is 0 Å². The van der Waals surface area contributed by atoms with Gasteiger partial charge < -0.3 is 15.2 Å². The van der Waals surface area contributed by atoms with Gasteiger partial charge in [-0.1, -0.05) is 55.0 Å². The third-order valence-corrected chi connectivity index (χ3v) is 5.54. The molecule has 0 amide bonds. The van der Waals surface area contributed by atoms with E-state index >= 15 is 0 Å². The summed E-state index contributed by atoms with van der Waals surface area (Å²) in [6, 6.07) is 19.1. The lowest BCUT2D eigenvalue weighted by Gasteiger charge is -2.19. The predicted molar refractivity (Wildman–Crippen MR) is 129 cm³/mol. The lowest BCUT2D eigenvalue weighted by atomic mass is 9.97. The molecule has 0 saturated carbocycles. The molecule has 0 aromatic heterocycles. The Morgan fingerprint density at radius 1 is 1.03 bits per heavy atom. The van der Waals surface area contributed by atoms with E-state index in [2.05, 4.69) is 73.8 Å². The average molecular weight is 408 g/mol. The number of ether oxygens (including phenoxy) is 1. The fourth-order valence-corrected chi connectivity index (χ4v) is 3.62. The van der Waals surface area contributed by atoms with Crippen molar-refractivity contribution in [2.45, 2.75) is 58.4 Å². The molecule has 0 aliphatic carbocycles. The Bertz CT molecular complexity index is 778. The van der Waals surface area contributed by atoms with Crippen LogP contribution in [0.3, 0.4) is 0 Å². The second-order valence-electron chi connectivity index (χ2n) is 7.65. The van der Waals surface area contributed by atoms with Crippen molar-refractivity contribution >= 4 is 11.3 Å². The zero-order valence-corrected chi connectivity index (χ0v) is 18.7. The van der Waals surface area contributed by atoms with Gasteiger partial charge in [-0.3, -0.25) is 0 Å². The van der Waals surface area contributed by atoms with Crippen LogP contribution in [0.25, 0.3) is 5.57 Å². The summed E-state index contributed by atoms with van der Waals surface area (Å²) in [4.78, 5) is 0.